The van der Waals surface area contributed by atoms with Crippen molar-refractivity contribution in [2.75, 3.05) is 13.2 Å². The van der Waals surface area contributed by atoms with Crippen LogP contribution in [0.2, 0.25) is 0 Å². The second kappa shape index (κ2) is 4.55. The molecule has 1 aliphatic rings. The highest BCUT2D eigenvalue weighted by molar-refractivity contribution is 5.15. The van der Waals surface area contributed by atoms with Gasteiger partial charge in [0.25, 0.3) is 0 Å². The molecular formula is C12H21N3O. The molecule has 0 amide bonds. The number of aromatic nitrogens is 2. The Kier molecular flexibility index (Phi) is 3.30. The summed E-state index contributed by atoms with van der Waals surface area (Å²) in [7, 11) is 1.98. The maximum Gasteiger partial charge on any atom is 0.0537 e. The highest BCUT2D eigenvalue weighted by Crippen LogP contribution is 2.20. The molecule has 1 aromatic rings. The van der Waals surface area contributed by atoms with E-state index in [1.54, 1.807) is 0 Å². The number of hydrogen-bond donors (Lipinski definition) is 1. The molecule has 0 aliphatic carbocycles. The standard InChI is InChI=1S/C12H21N3O/c1-10-11(9-14-15(10)3)8-13-12(2)4-6-16-7-5-12/h9,13H,4-8H2,1-3H3. The second-order valence-electron chi connectivity index (χ2n) is 4.91. The number of ether oxygens (including phenoxy) is 1. The zero-order chi connectivity index (χ0) is 11.6. The van der Waals surface area contributed by atoms with Crippen LogP contribution in [-0.4, -0.2) is 28.5 Å². The van der Waals surface area contributed by atoms with Crippen LogP contribution in [0, 0.1) is 6.92 Å². The highest BCUT2D eigenvalue weighted by atomic mass is 16.5. The van der Waals surface area contributed by atoms with E-state index in [-0.39, 0.29) is 5.54 Å². The van der Waals surface area contributed by atoms with E-state index in [0.717, 1.165) is 32.6 Å². The van der Waals surface area contributed by atoms with Gasteiger partial charge in [-0.1, -0.05) is 0 Å². The fourth-order valence-electron chi connectivity index (χ4n) is 2.03. The molecule has 0 atom stereocenters. The van der Waals surface area contributed by atoms with Crippen molar-refractivity contribution in [3.8, 4) is 0 Å². The van der Waals surface area contributed by atoms with Crippen molar-refractivity contribution in [2.45, 2.75) is 38.8 Å². The number of aryl methyl sites for hydroxylation is 1. The lowest BCUT2D eigenvalue weighted by Gasteiger charge is -2.34. The molecule has 2 rings (SSSR count). The summed E-state index contributed by atoms with van der Waals surface area (Å²) >= 11 is 0. The molecule has 2 heterocycles. The Labute approximate surface area is 97.0 Å². The van der Waals surface area contributed by atoms with Crippen LogP contribution in [-0.2, 0) is 18.3 Å². The van der Waals surface area contributed by atoms with Gasteiger partial charge in [0.1, 0.15) is 0 Å². The maximum atomic E-state index is 5.39. The average Bonchev–Trinajstić information content (AvgIpc) is 2.58. The van der Waals surface area contributed by atoms with Gasteiger partial charge < -0.3 is 10.1 Å². The Bertz CT molecular complexity index is 353. The van der Waals surface area contributed by atoms with Crippen LogP contribution in [0.15, 0.2) is 6.20 Å². The van der Waals surface area contributed by atoms with Crippen LogP contribution in [0.1, 0.15) is 31.0 Å². The van der Waals surface area contributed by atoms with E-state index >= 15 is 0 Å². The first-order valence-electron chi connectivity index (χ1n) is 5.91. The fourth-order valence-corrected chi connectivity index (χ4v) is 2.03. The van der Waals surface area contributed by atoms with Gasteiger partial charge in [0.15, 0.2) is 0 Å². The molecule has 0 spiro atoms. The van der Waals surface area contributed by atoms with Crippen LogP contribution in [0.4, 0.5) is 0 Å². The molecule has 0 unspecified atom stereocenters. The molecule has 1 saturated heterocycles. The predicted molar refractivity (Wildman–Crippen MR) is 63.2 cm³/mol. The van der Waals surface area contributed by atoms with Gasteiger partial charge in [0.05, 0.1) is 6.20 Å². The minimum atomic E-state index is 0.223. The van der Waals surface area contributed by atoms with Gasteiger partial charge in [-0.3, -0.25) is 4.68 Å². The number of nitrogens with zero attached hydrogens (tertiary/aromatic N) is 2. The molecule has 90 valence electrons. The van der Waals surface area contributed by atoms with Crippen LogP contribution in [0.5, 0.6) is 0 Å². The van der Waals surface area contributed by atoms with Gasteiger partial charge in [-0.2, -0.15) is 5.10 Å². The largest absolute Gasteiger partial charge is 0.381 e. The Morgan fingerprint density at radius 2 is 2.19 bits per heavy atom. The van der Waals surface area contributed by atoms with Crippen molar-refractivity contribution in [2.24, 2.45) is 7.05 Å². The predicted octanol–water partition coefficient (Wildman–Crippen LogP) is 1.39. The first-order chi connectivity index (χ1) is 7.61. The third-order valence-electron chi connectivity index (χ3n) is 3.64. The van der Waals surface area contributed by atoms with Crippen molar-refractivity contribution in [3.05, 3.63) is 17.5 Å². The smallest absolute Gasteiger partial charge is 0.0537 e. The van der Waals surface area contributed by atoms with E-state index in [2.05, 4.69) is 24.3 Å². The molecule has 4 nitrogen and oxygen atoms in total. The molecule has 0 bridgehead atoms. The Morgan fingerprint density at radius 1 is 1.50 bits per heavy atom. The maximum absolute atomic E-state index is 5.39. The van der Waals surface area contributed by atoms with Crippen molar-refractivity contribution in [1.82, 2.24) is 15.1 Å². The zero-order valence-corrected chi connectivity index (χ0v) is 10.4. The summed E-state index contributed by atoms with van der Waals surface area (Å²) < 4.78 is 7.31. The monoisotopic (exact) mass is 223 g/mol. The van der Waals surface area contributed by atoms with Gasteiger partial charge >= 0.3 is 0 Å². The SMILES string of the molecule is Cc1c(CNC2(C)CCOCC2)cnn1C. The average molecular weight is 223 g/mol. The lowest BCUT2D eigenvalue weighted by Crippen LogP contribution is -2.46. The fraction of sp³-hybridized carbons (Fsp3) is 0.750. The van der Waals surface area contributed by atoms with E-state index in [0.29, 0.717) is 0 Å². The molecule has 1 N–H and O–H groups in total. The zero-order valence-electron chi connectivity index (χ0n) is 10.4. The highest BCUT2D eigenvalue weighted by Gasteiger charge is 2.26. The van der Waals surface area contributed by atoms with Gasteiger partial charge in [0, 0.05) is 43.6 Å². The Hall–Kier alpha value is -0.870. The van der Waals surface area contributed by atoms with Gasteiger partial charge in [-0.05, 0) is 26.7 Å². The molecule has 0 aromatic carbocycles. The van der Waals surface area contributed by atoms with Crippen LogP contribution in [0.3, 0.4) is 0 Å². The van der Waals surface area contributed by atoms with E-state index in [4.69, 9.17) is 4.74 Å². The van der Waals surface area contributed by atoms with Crippen LogP contribution >= 0.6 is 0 Å². The third-order valence-corrected chi connectivity index (χ3v) is 3.64. The second-order valence-corrected chi connectivity index (χ2v) is 4.91. The van der Waals surface area contributed by atoms with E-state index in [1.807, 2.05) is 17.9 Å². The van der Waals surface area contributed by atoms with Gasteiger partial charge in [-0.25, -0.2) is 0 Å². The van der Waals surface area contributed by atoms with Gasteiger partial charge in [-0.15, -0.1) is 0 Å². The van der Waals surface area contributed by atoms with Crippen molar-refractivity contribution in [1.29, 1.82) is 0 Å². The lowest BCUT2D eigenvalue weighted by molar-refractivity contribution is 0.0446. The molecule has 1 fully saturated rings. The quantitative estimate of drug-likeness (QED) is 0.841. The van der Waals surface area contributed by atoms with E-state index < -0.39 is 0 Å². The summed E-state index contributed by atoms with van der Waals surface area (Å²) in [5.41, 5.74) is 2.75. The Balaban J connectivity index is 1.93. The van der Waals surface area contributed by atoms with Crippen LogP contribution in [0.25, 0.3) is 0 Å². The van der Waals surface area contributed by atoms with E-state index in [1.165, 1.54) is 11.3 Å². The normalized spacial score (nSPS) is 19.9. The van der Waals surface area contributed by atoms with E-state index in [9.17, 15) is 0 Å². The third kappa shape index (κ3) is 2.44. The molecule has 0 radical (unpaired) electrons. The summed E-state index contributed by atoms with van der Waals surface area (Å²) in [5, 5.41) is 7.89. The van der Waals surface area contributed by atoms with Crippen molar-refractivity contribution >= 4 is 0 Å². The molecule has 1 aromatic heterocycles. The minimum Gasteiger partial charge on any atom is -0.381 e. The summed E-state index contributed by atoms with van der Waals surface area (Å²) in [6.07, 6.45) is 4.13. The molecule has 1 aliphatic heterocycles. The summed E-state index contributed by atoms with van der Waals surface area (Å²) in [6, 6.07) is 0. The molecular weight excluding hydrogens is 202 g/mol. The van der Waals surface area contributed by atoms with Crippen molar-refractivity contribution < 1.29 is 4.74 Å². The molecule has 16 heavy (non-hydrogen) atoms. The first-order valence-corrected chi connectivity index (χ1v) is 5.91. The summed E-state index contributed by atoms with van der Waals surface area (Å²) in [4.78, 5) is 0. The minimum absolute atomic E-state index is 0.223. The number of rotatable bonds is 3. The molecule has 4 heteroatoms. The first kappa shape index (κ1) is 11.6. The van der Waals surface area contributed by atoms with Crippen molar-refractivity contribution in [3.63, 3.8) is 0 Å². The molecule has 0 saturated carbocycles. The topological polar surface area (TPSA) is 39.1 Å². The van der Waals surface area contributed by atoms with Crippen LogP contribution < -0.4 is 5.32 Å². The summed E-state index contributed by atoms with van der Waals surface area (Å²) in [6.45, 7) is 7.03. The Morgan fingerprint density at radius 3 is 2.75 bits per heavy atom. The summed E-state index contributed by atoms with van der Waals surface area (Å²) in [5.74, 6) is 0. The lowest BCUT2D eigenvalue weighted by atomic mass is 9.92. The number of hydrogen-bond acceptors (Lipinski definition) is 3. The number of nitrogens with one attached hydrogen (secondary N) is 1. The van der Waals surface area contributed by atoms with Gasteiger partial charge in [0.2, 0.25) is 0 Å².